The molecule has 0 bridgehead atoms. The first-order chi connectivity index (χ1) is 16.4. The van der Waals surface area contributed by atoms with E-state index >= 15 is 0 Å². The highest BCUT2D eigenvalue weighted by Gasteiger charge is 1.96. The molecule has 0 spiro atoms. The summed E-state index contributed by atoms with van der Waals surface area (Å²) in [5, 5.41) is 0. The van der Waals surface area contributed by atoms with Crippen LogP contribution < -0.4 is 0 Å². The van der Waals surface area contributed by atoms with E-state index in [1.54, 1.807) is 0 Å². The van der Waals surface area contributed by atoms with Crippen LogP contribution in [0.25, 0.3) is 0 Å². The maximum Gasteiger partial charge on any atom is 0.0223 e. The Morgan fingerprint density at radius 2 is 0.394 bits per heavy atom. The van der Waals surface area contributed by atoms with Crippen LogP contribution in [-0.2, 0) is 0 Å². The Morgan fingerprint density at radius 1 is 0.242 bits per heavy atom. The van der Waals surface area contributed by atoms with Gasteiger partial charge < -0.3 is 0 Å². The Balaban J connectivity index is 2.99. The van der Waals surface area contributed by atoms with Gasteiger partial charge in [-0.05, 0) is 18.6 Å². The predicted octanol–water partition coefficient (Wildman–Crippen LogP) is 12.5. The molecule has 0 aliphatic heterocycles. The fourth-order valence-corrected chi connectivity index (χ4v) is 5.39. The van der Waals surface area contributed by atoms with Gasteiger partial charge in [0, 0.05) is 5.88 Å². The normalized spacial score (nSPS) is 11.5. The molecule has 200 valence electrons. The van der Waals surface area contributed by atoms with Crippen molar-refractivity contribution in [1.82, 2.24) is 0 Å². The molecular formula is C31H63ClS. The van der Waals surface area contributed by atoms with E-state index in [4.69, 9.17) is 11.6 Å². The quantitative estimate of drug-likeness (QED) is 0.0563. The second-order valence-electron chi connectivity index (χ2n) is 10.7. The molecule has 0 N–H and O–H groups in total. The second kappa shape index (κ2) is 32.6. The molecule has 0 heterocycles. The average molecular weight is 503 g/mol. The summed E-state index contributed by atoms with van der Waals surface area (Å²) in [5.74, 6) is 1.91. The maximum absolute atomic E-state index is 5.72. The zero-order chi connectivity index (χ0) is 23.9. The van der Waals surface area contributed by atoms with Crippen molar-refractivity contribution in [3.8, 4) is 0 Å². The molecule has 0 fully saturated rings. The summed E-state index contributed by atoms with van der Waals surface area (Å²) in [6, 6.07) is 0. The largest absolute Gasteiger partial charge is 0.179 e. The van der Waals surface area contributed by atoms with Gasteiger partial charge >= 0.3 is 0 Å². The van der Waals surface area contributed by atoms with Crippen LogP contribution in [0, 0.1) is 0 Å². The van der Waals surface area contributed by atoms with Crippen LogP contribution in [0.15, 0.2) is 0 Å². The minimum atomic E-state index is 0.846. The summed E-state index contributed by atoms with van der Waals surface area (Å²) in [7, 11) is 0. The van der Waals surface area contributed by atoms with Crippen LogP contribution >= 0.6 is 24.2 Å². The van der Waals surface area contributed by atoms with Gasteiger partial charge in [0.15, 0.2) is 0 Å². The number of thiol groups is 1. The second-order valence-corrected chi connectivity index (χ2v) is 11.5. The molecule has 33 heavy (non-hydrogen) atoms. The van der Waals surface area contributed by atoms with Crippen molar-refractivity contribution < 1.29 is 0 Å². The molecule has 0 aromatic carbocycles. The topological polar surface area (TPSA) is 0 Å². The number of hydrogen-bond donors (Lipinski definition) is 1. The fraction of sp³-hybridized carbons (Fsp3) is 1.00. The van der Waals surface area contributed by atoms with Crippen molar-refractivity contribution in [3.63, 3.8) is 0 Å². The summed E-state index contributed by atoms with van der Waals surface area (Å²) >= 11 is 9.99. The van der Waals surface area contributed by atoms with Crippen molar-refractivity contribution >= 4 is 24.2 Å². The summed E-state index contributed by atoms with van der Waals surface area (Å²) in [5.41, 5.74) is 0. The zero-order valence-corrected chi connectivity index (χ0v) is 24.4. The summed E-state index contributed by atoms with van der Waals surface area (Å²) in [4.78, 5) is 0. The molecule has 0 radical (unpaired) electrons. The van der Waals surface area contributed by atoms with Crippen LogP contribution in [0.4, 0.5) is 0 Å². The highest BCUT2D eigenvalue weighted by Crippen LogP contribution is 2.16. The Hall–Kier alpha value is 0.640. The Morgan fingerprint density at radius 3 is 0.545 bits per heavy atom. The molecule has 0 aliphatic rings. The van der Waals surface area contributed by atoms with E-state index in [1.165, 1.54) is 186 Å². The molecule has 2 heteroatoms. The first-order valence-corrected chi connectivity index (χ1v) is 16.8. The summed E-state index contributed by atoms with van der Waals surface area (Å²) < 4.78 is 0. The van der Waals surface area contributed by atoms with Gasteiger partial charge in [0.05, 0.1) is 0 Å². The van der Waals surface area contributed by atoms with Crippen LogP contribution in [0.3, 0.4) is 0 Å². The lowest BCUT2D eigenvalue weighted by atomic mass is 10.0. The summed E-state index contributed by atoms with van der Waals surface area (Å²) in [6.45, 7) is 0. The summed E-state index contributed by atoms with van der Waals surface area (Å²) in [6.07, 6.45) is 41.9. The zero-order valence-electron chi connectivity index (χ0n) is 22.7. The van der Waals surface area contributed by atoms with E-state index in [0.29, 0.717) is 0 Å². The smallest absolute Gasteiger partial charge is 0.0223 e. The first kappa shape index (κ1) is 33.6. The van der Waals surface area contributed by atoms with Gasteiger partial charge in [-0.3, -0.25) is 0 Å². The Kier molecular flexibility index (Phi) is 33.3. The van der Waals surface area contributed by atoms with Gasteiger partial charge in [0.1, 0.15) is 0 Å². The minimum Gasteiger partial charge on any atom is -0.179 e. The molecule has 0 nitrogen and oxygen atoms in total. The lowest BCUT2D eigenvalue weighted by Gasteiger charge is -2.04. The van der Waals surface area contributed by atoms with Crippen molar-refractivity contribution in [2.75, 3.05) is 11.6 Å². The highest BCUT2D eigenvalue weighted by molar-refractivity contribution is 7.80. The SMILES string of the molecule is SCCCCCCCCCCCCCCCCCCCCCCCCCCCCCCCCl. The lowest BCUT2D eigenvalue weighted by molar-refractivity contribution is 0.514. The standard InChI is InChI=1S/C31H63ClS/c32-30-28-26-24-22-20-18-16-14-12-10-8-6-4-2-1-3-5-7-9-11-13-15-17-19-21-23-25-27-29-31-33/h33H,1-31H2. The van der Waals surface area contributed by atoms with Crippen LogP contribution in [-0.4, -0.2) is 11.6 Å². The highest BCUT2D eigenvalue weighted by atomic mass is 35.5. The first-order valence-electron chi connectivity index (χ1n) is 15.6. The van der Waals surface area contributed by atoms with E-state index in [2.05, 4.69) is 12.6 Å². The van der Waals surface area contributed by atoms with Gasteiger partial charge in [-0.25, -0.2) is 0 Å². The monoisotopic (exact) mass is 502 g/mol. The third-order valence-corrected chi connectivity index (χ3v) is 7.88. The third kappa shape index (κ3) is 32.6. The molecule has 0 saturated carbocycles. The number of hydrogen-bond acceptors (Lipinski definition) is 1. The van der Waals surface area contributed by atoms with Crippen molar-refractivity contribution in [1.29, 1.82) is 0 Å². The van der Waals surface area contributed by atoms with E-state index in [0.717, 1.165) is 11.6 Å². The predicted molar refractivity (Wildman–Crippen MR) is 158 cm³/mol. The Labute approximate surface area is 221 Å². The van der Waals surface area contributed by atoms with E-state index in [-0.39, 0.29) is 0 Å². The molecular weight excluding hydrogens is 440 g/mol. The van der Waals surface area contributed by atoms with E-state index in [1.807, 2.05) is 0 Å². The van der Waals surface area contributed by atoms with Crippen LogP contribution in [0.5, 0.6) is 0 Å². The number of alkyl halides is 1. The lowest BCUT2D eigenvalue weighted by Crippen LogP contribution is -1.85. The van der Waals surface area contributed by atoms with Crippen molar-refractivity contribution in [2.45, 2.75) is 186 Å². The molecule has 0 atom stereocenters. The van der Waals surface area contributed by atoms with Gasteiger partial charge in [-0.15, -0.1) is 11.6 Å². The molecule has 0 aromatic rings. The van der Waals surface area contributed by atoms with Crippen LogP contribution in [0.2, 0.25) is 0 Å². The van der Waals surface area contributed by atoms with E-state index in [9.17, 15) is 0 Å². The molecule has 0 aromatic heterocycles. The van der Waals surface area contributed by atoms with Gasteiger partial charge in [-0.2, -0.15) is 12.6 Å². The Bertz CT molecular complexity index is 290. The van der Waals surface area contributed by atoms with Crippen molar-refractivity contribution in [2.24, 2.45) is 0 Å². The molecule has 0 unspecified atom stereocenters. The van der Waals surface area contributed by atoms with Gasteiger partial charge in [0.25, 0.3) is 0 Å². The van der Waals surface area contributed by atoms with Gasteiger partial charge in [0.2, 0.25) is 0 Å². The fourth-order valence-electron chi connectivity index (χ4n) is 4.98. The van der Waals surface area contributed by atoms with Gasteiger partial charge in [-0.1, -0.05) is 173 Å². The van der Waals surface area contributed by atoms with Crippen LogP contribution in [0.1, 0.15) is 186 Å². The number of rotatable bonds is 30. The van der Waals surface area contributed by atoms with Crippen molar-refractivity contribution in [3.05, 3.63) is 0 Å². The molecule has 0 rings (SSSR count). The molecule has 0 amide bonds. The number of halogens is 1. The molecule has 0 aliphatic carbocycles. The average Bonchev–Trinajstić information content (AvgIpc) is 2.83. The molecule has 0 saturated heterocycles. The minimum absolute atomic E-state index is 0.846. The van der Waals surface area contributed by atoms with E-state index < -0.39 is 0 Å². The maximum atomic E-state index is 5.72. The number of unbranched alkanes of at least 4 members (excludes halogenated alkanes) is 28. The third-order valence-electron chi connectivity index (χ3n) is 7.29.